The molecule has 2 aromatic carbocycles. The minimum absolute atomic E-state index is 0.323. The fraction of sp³-hybridized carbons (Fsp3) is 0.595. The molecule has 0 radical (unpaired) electrons. The summed E-state index contributed by atoms with van der Waals surface area (Å²) >= 11 is 4.23. The molecule has 46 heavy (non-hydrogen) atoms. The van der Waals surface area contributed by atoms with Crippen LogP contribution in [0, 0.1) is 0 Å². The van der Waals surface area contributed by atoms with Gasteiger partial charge in [0, 0.05) is 43.4 Å². The fourth-order valence-corrected chi connectivity index (χ4v) is 8.28. The molecule has 2 aromatic rings. The van der Waals surface area contributed by atoms with Crippen LogP contribution in [0.3, 0.4) is 0 Å². The minimum atomic E-state index is -0.397. The Labute approximate surface area is 285 Å². The molecule has 0 N–H and O–H groups in total. The van der Waals surface area contributed by atoms with E-state index >= 15 is 0 Å². The number of thioether (sulfide) groups is 2. The topological polar surface area (TPSA) is 88.1 Å². The number of carbonyl (C=O) groups excluding carboxylic acids is 3. The van der Waals surface area contributed by atoms with Crippen LogP contribution < -0.4 is 18.9 Å². The molecule has 0 bridgehead atoms. The number of methoxy groups -OCH3 is 1. The van der Waals surface area contributed by atoms with Crippen molar-refractivity contribution in [1.82, 2.24) is 0 Å². The van der Waals surface area contributed by atoms with E-state index in [0.29, 0.717) is 33.5 Å². The summed E-state index contributed by atoms with van der Waals surface area (Å²) in [6.07, 6.45) is 13.6. The number of rotatable bonds is 23. The molecule has 0 aliphatic carbocycles. The van der Waals surface area contributed by atoms with Gasteiger partial charge in [0.1, 0.15) is 23.0 Å². The van der Waals surface area contributed by atoms with Crippen molar-refractivity contribution >= 4 is 41.4 Å². The first kappa shape index (κ1) is 39.5. The normalized spacial score (nSPS) is 12.3. The van der Waals surface area contributed by atoms with Gasteiger partial charge >= 0.3 is 17.9 Å². The van der Waals surface area contributed by atoms with Crippen molar-refractivity contribution in [3.8, 4) is 23.0 Å². The van der Waals surface area contributed by atoms with Gasteiger partial charge in [-0.25, -0.2) is 0 Å². The Kier molecular flexibility index (Phi) is 19.6. The summed E-state index contributed by atoms with van der Waals surface area (Å²) in [4.78, 5) is 34.3. The third-order valence-electron chi connectivity index (χ3n) is 7.48. The molecule has 0 fully saturated rings. The zero-order valence-electron chi connectivity index (χ0n) is 28.7. The molecule has 0 amide bonds. The van der Waals surface area contributed by atoms with Crippen molar-refractivity contribution in [3.63, 3.8) is 0 Å². The molecule has 0 saturated heterocycles. The van der Waals surface area contributed by atoms with Crippen molar-refractivity contribution in [3.05, 3.63) is 47.5 Å². The van der Waals surface area contributed by atoms with Crippen molar-refractivity contribution < 1.29 is 33.3 Å². The van der Waals surface area contributed by atoms with E-state index in [-0.39, 0.29) is 5.97 Å². The van der Waals surface area contributed by atoms with Crippen LogP contribution in [0.5, 0.6) is 23.0 Å². The van der Waals surface area contributed by atoms with Gasteiger partial charge in [0.2, 0.25) is 0 Å². The molecule has 0 aliphatic heterocycles. The van der Waals surface area contributed by atoms with Gasteiger partial charge in [0.05, 0.1) is 7.11 Å². The number of benzene rings is 2. The van der Waals surface area contributed by atoms with E-state index in [4.69, 9.17) is 18.9 Å². The van der Waals surface area contributed by atoms with Crippen molar-refractivity contribution in [2.75, 3.05) is 18.6 Å². The number of aryl methyl sites for hydroxylation is 2. The van der Waals surface area contributed by atoms with Gasteiger partial charge in [0.25, 0.3) is 0 Å². The summed E-state index contributed by atoms with van der Waals surface area (Å²) < 4.78 is 21.2. The van der Waals surface area contributed by atoms with Gasteiger partial charge in [-0.1, -0.05) is 52.4 Å². The summed E-state index contributed by atoms with van der Waals surface area (Å²) in [7, 11) is 1.63. The third kappa shape index (κ3) is 16.8. The maximum absolute atomic E-state index is 11.5. The lowest BCUT2D eigenvalue weighted by atomic mass is 10.0. The third-order valence-corrected chi connectivity index (χ3v) is 10.3. The zero-order valence-corrected chi connectivity index (χ0v) is 30.3. The summed E-state index contributed by atoms with van der Waals surface area (Å²) in [6.45, 7) is 8.67. The van der Waals surface area contributed by atoms with Gasteiger partial charge in [-0.2, -0.15) is 23.5 Å². The van der Waals surface area contributed by atoms with Gasteiger partial charge in [0.15, 0.2) is 0 Å². The number of hydrogen-bond acceptors (Lipinski definition) is 9. The smallest absolute Gasteiger partial charge is 0.308 e. The fourth-order valence-electron chi connectivity index (χ4n) is 5.58. The standard InChI is InChI=1S/C37H54O7S2/c1-7-45-36(19-15-11-9-10-13-17-30-21-32(41-6)25-33(22-30)42-27(3)38)37(46-8-2)20-16-12-14-18-31-23-34(43-28(4)39)26-35(24-31)44-29(5)40/h21-26,36-37H,7-20H2,1-6H3. The second-order valence-corrected chi connectivity index (χ2v) is 14.5. The molecular weight excluding hydrogens is 621 g/mol. The van der Waals surface area contributed by atoms with E-state index in [1.807, 2.05) is 24.3 Å². The average molecular weight is 675 g/mol. The van der Waals surface area contributed by atoms with Crippen LogP contribution in [0.1, 0.15) is 110 Å². The van der Waals surface area contributed by atoms with E-state index in [9.17, 15) is 14.4 Å². The molecule has 7 nitrogen and oxygen atoms in total. The SMILES string of the molecule is CCSC(CCCCCCCc1cc(OC)cc(OC(C)=O)c1)C(CCCCCc1cc(OC(C)=O)cc(OC(C)=O)c1)SCC. The number of esters is 3. The Balaban J connectivity index is 1.77. The van der Waals surface area contributed by atoms with E-state index in [0.717, 1.165) is 54.7 Å². The van der Waals surface area contributed by atoms with Crippen LogP contribution in [0.15, 0.2) is 36.4 Å². The Morgan fingerprint density at radius 3 is 1.28 bits per heavy atom. The maximum atomic E-state index is 11.5. The number of unbranched alkanes of at least 4 members (excludes halogenated alkanes) is 6. The molecule has 0 saturated carbocycles. The summed E-state index contributed by atoms with van der Waals surface area (Å²) in [5.74, 6) is 3.24. The quantitative estimate of drug-likeness (QED) is 0.0650. The zero-order chi connectivity index (χ0) is 33.7. The van der Waals surface area contributed by atoms with Gasteiger partial charge < -0.3 is 18.9 Å². The van der Waals surface area contributed by atoms with Crippen LogP contribution >= 0.6 is 23.5 Å². The first-order valence-corrected chi connectivity index (χ1v) is 18.8. The highest BCUT2D eigenvalue weighted by molar-refractivity contribution is 8.03. The maximum Gasteiger partial charge on any atom is 0.308 e. The van der Waals surface area contributed by atoms with Crippen molar-refractivity contribution in [2.24, 2.45) is 0 Å². The summed E-state index contributed by atoms with van der Waals surface area (Å²) in [5, 5.41) is 1.34. The van der Waals surface area contributed by atoms with E-state index < -0.39 is 11.9 Å². The highest BCUT2D eigenvalue weighted by Crippen LogP contribution is 2.33. The van der Waals surface area contributed by atoms with Gasteiger partial charge in [-0.15, -0.1) is 0 Å². The first-order valence-electron chi connectivity index (χ1n) is 16.7. The monoisotopic (exact) mass is 674 g/mol. The molecular formula is C37H54O7S2. The largest absolute Gasteiger partial charge is 0.497 e. The molecule has 2 unspecified atom stereocenters. The van der Waals surface area contributed by atoms with Crippen molar-refractivity contribution in [2.45, 2.75) is 122 Å². The summed E-state index contributed by atoms with van der Waals surface area (Å²) in [6, 6.07) is 11.0. The van der Waals surface area contributed by atoms with Crippen LogP contribution in [0.2, 0.25) is 0 Å². The Bertz CT molecular complexity index is 1180. The molecule has 0 spiro atoms. The summed E-state index contributed by atoms with van der Waals surface area (Å²) in [5.41, 5.74) is 2.14. The predicted molar refractivity (Wildman–Crippen MR) is 191 cm³/mol. The van der Waals surface area contributed by atoms with E-state index in [2.05, 4.69) is 37.4 Å². The van der Waals surface area contributed by atoms with Crippen molar-refractivity contribution in [1.29, 1.82) is 0 Å². The van der Waals surface area contributed by atoms with Gasteiger partial charge in [-0.3, -0.25) is 14.4 Å². The molecule has 2 atom stereocenters. The Morgan fingerprint density at radius 1 is 0.543 bits per heavy atom. The Morgan fingerprint density at radius 2 is 0.891 bits per heavy atom. The highest BCUT2D eigenvalue weighted by atomic mass is 32.2. The van der Waals surface area contributed by atoms with E-state index in [1.54, 1.807) is 19.2 Å². The predicted octanol–water partition coefficient (Wildman–Crippen LogP) is 9.40. The van der Waals surface area contributed by atoms with E-state index in [1.165, 1.54) is 65.7 Å². The number of ether oxygens (including phenoxy) is 4. The van der Waals surface area contributed by atoms with Crippen LogP contribution in [-0.4, -0.2) is 47.0 Å². The second-order valence-electron chi connectivity index (χ2n) is 11.5. The molecule has 0 aromatic heterocycles. The second kappa shape index (κ2) is 22.8. The molecule has 9 heteroatoms. The minimum Gasteiger partial charge on any atom is -0.497 e. The highest BCUT2D eigenvalue weighted by Gasteiger charge is 2.21. The lowest BCUT2D eigenvalue weighted by molar-refractivity contribution is -0.133. The molecule has 2 rings (SSSR count). The lowest BCUT2D eigenvalue weighted by Crippen LogP contribution is -2.21. The molecule has 0 heterocycles. The first-order chi connectivity index (χ1) is 22.1. The lowest BCUT2D eigenvalue weighted by Gasteiger charge is -2.26. The van der Waals surface area contributed by atoms with Crippen LogP contribution in [0.25, 0.3) is 0 Å². The Hall–Kier alpha value is -2.65. The van der Waals surface area contributed by atoms with Crippen LogP contribution in [-0.2, 0) is 27.2 Å². The van der Waals surface area contributed by atoms with Crippen LogP contribution in [0.4, 0.5) is 0 Å². The average Bonchev–Trinajstić information content (AvgIpc) is 2.98. The number of carbonyl (C=O) groups is 3. The molecule has 256 valence electrons. The van der Waals surface area contributed by atoms with Gasteiger partial charge in [-0.05, 0) is 85.4 Å². The molecule has 0 aliphatic rings. The number of hydrogen-bond donors (Lipinski definition) is 0.